The quantitative estimate of drug-likeness (QED) is 0.698. The Morgan fingerprint density at radius 1 is 1.13 bits per heavy atom. The molecule has 2 saturated heterocycles. The van der Waals surface area contributed by atoms with E-state index in [0.29, 0.717) is 6.10 Å². The summed E-state index contributed by atoms with van der Waals surface area (Å²) in [5.74, 6) is 0. The number of hydrogen-bond acceptors (Lipinski definition) is 3. The van der Waals surface area contributed by atoms with Crippen molar-refractivity contribution in [1.29, 1.82) is 0 Å². The van der Waals surface area contributed by atoms with Crippen LogP contribution in [0.4, 0.5) is 0 Å². The van der Waals surface area contributed by atoms with E-state index in [2.05, 4.69) is 10.2 Å². The standard InChI is InChI=1S/C12H22N2O/c1-2-4-12-11(3-1)14(7-8-15-12)10-5-6-13-9-10/h10-13H,1-9H2. The first-order valence-corrected chi connectivity index (χ1v) is 6.53. The number of nitrogens with one attached hydrogen (secondary N) is 1. The zero-order valence-electron chi connectivity index (χ0n) is 9.45. The lowest BCUT2D eigenvalue weighted by atomic mass is 9.89. The number of fused-ring (bicyclic) bond motifs is 1. The molecule has 0 amide bonds. The molecule has 3 rings (SSSR count). The van der Waals surface area contributed by atoms with Gasteiger partial charge in [-0.25, -0.2) is 0 Å². The highest BCUT2D eigenvalue weighted by Crippen LogP contribution is 2.30. The summed E-state index contributed by atoms with van der Waals surface area (Å²) < 4.78 is 5.91. The van der Waals surface area contributed by atoms with E-state index in [4.69, 9.17) is 4.74 Å². The largest absolute Gasteiger partial charge is 0.375 e. The number of hydrogen-bond donors (Lipinski definition) is 1. The minimum Gasteiger partial charge on any atom is -0.375 e. The van der Waals surface area contributed by atoms with Gasteiger partial charge < -0.3 is 10.1 Å². The summed E-state index contributed by atoms with van der Waals surface area (Å²) in [7, 11) is 0. The molecule has 86 valence electrons. The fourth-order valence-electron chi connectivity index (χ4n) is 3.50. The highest BCUT2D eigenvalue weighted by Gasteiger charge is 2.38. The van der Waals surface area contributed by atoms with Crippen molar-refractivity contribution in [2.24, 2.45) is 0 Å². The van der Waals surface area contributed by atoms with Gasteiger partial charge >= 0.3 is 0 Å². The lowest BCUT2D eigenvalue weighted by Crippen LogP contribution is -2.56. The van der Waals surface area contributed by atoms with Crippen LogP contribution in [0, 0.1) is 0 Å². The zero-order valence-corrected chi connectivity index (χ0v) is 9.45. The summed E-state index contributed by atoms with van der Waals surface area (Å²) in [5, 5.41) is 3.48. The molecule has 1 N–H and O–H groups in total. The second-order valence-corrected chi connectivity index (χ2v) is 5.15. The summed E-state index contributed by atoms with van der Waals surface area (Å²) in [6.07, 6.45) is 7.32. The van der Waals surface area contributed by atoms with Crippen molar-refractivity contribution in [2.75, 3.05) is 26.2 Å². The van der Waals surface area contributed by atoms with Crippen molar-refractivity contribution >= 4 is 0 Å². The molecule has 0 aromatic heterocycles. The third-order valence-electron chi connectivity index (χ3n) is 4.28. The molecule has 0 spiro atoms. The molecule has 3 aliphatic rings. The van der Waals surface area contributed by atoms with Crippen LogP contribution in [-0.2, 0) is 4.74 Å². The average molecular weight is 210 g/mol. The van der Waals surface area contributed by atoms with Crippen LogP contribution in [-0.4, -0.2) is 49.3 Å². The molecular weight excluding hydrogens is 188 g/mol. The number of nitrogens with zero attached hydrogens (tertiary/aromatic N) is 1. The first-order valence-electron chi connectivity index (χ1n) is 6.53. The lowest BCUT2D eigenvalue weighted by Gasteiger charge is -2.46. The highest BCUT2D eigenvalue weighted by atomic mass is 16.5. The molecular formula is C12H22N2O. The normalized spacial score (nSPS) is 42.8. The van der Waals surface area contributed by atoms with Crippen LogP contribution in [0.5, 0.6) is 0 Å². The number of rotatable bonds is 1. The molecule has 0 radical (unpaired) electrons. The molecule has 1 aliphatic carbocycles. The van der Waals surface area contributed by atoms with Crippen LogP contribution in [0.1, 0.15) is 32.1 Å². The summed E-state index contributed by atoms with van der Waals surface area (Å²) in [4.78, 5) is 2.74. The van der Waals surface area contributed by atoms with E-state index in [1.807, 2.05) is 0 Å². The van der Waals surface area contributed by atoms with Gasteiger partial charge in [-0.1, -0.05) is 12.8 Å². The third-order valence-corrected chi connectivity index (χ3v) is 4.28. The van der Waals surface area contributed by atoms with Crippen LogP contribution in [0.3, 0.4) is 0 Å². The first-order chi connectivity index (χ1) is 7.45. The van der Waals surface area contributed by atoms with Crippen molar-refractivity contribution in [3.05, 3.63) is 0 Å². The Morgan fingerprint density at radius 3 is 2.93 bits per heavy atom. The third kappa shape index (κ3) is 1.93. The maximum absolute atomic E-state index is 5.91. The van der Waals surface area contributed by atoms with Crippen LogP contribution in [0.25, 0.3) is 0 Å². The van der Waals surface area contributed by atoms with Crippen molar-refractivity contribution in [3.63, 3.8) is 0 Å². The molecule has 2 aliphatic heterocycles. The predicted molar refractivity (Wildman–Crippen MR) is 60.0 cm³/mol. The van der Waals surface area contributed by atoms with Crippen molar-refractivity contribution in [1.82, 2.24) is 10.2 Å². The smallest absolute Gasteiger partial charge is 0.0731 e. The molecule has 1 saturated carbocycles. The van der Waals surface area contributed by atoms with Gasteiger partial charge in [0.2, 0.25) is 0 Å². The highest BCUT2D eigenvalue weighted by molar-refractivity contribution is 4.93. The van der Waals surface area contributed by atoms with Gasteiger partial charge in [0.15, 0.2) is 0 Å². The van der Waals surface area contributed by atoms with Gasteiger partial charge in [-0.3, -0.25) is 4.90 Å². The Bertz CT molecular complexity index is 214. The van der Waals surface area contributed by atoms with E-state index >= 15 is 0 Å². The average Bonchev–Trinajstić information content (AvgIpc) is 2.82. The second kappa shape index (κ2) is 4.40. The molecule has 3 heteroatoms. The van der Waals surface area contributed by atoms with Crippen molar-refractivity contribution in [2.45, 2.75) is 50.3 Å². The zero-order chi connectivity index (χ0) is 10.1. The predicted octanol–water partition coefficient (Wildman–Crippen LogP) is 0.992. The van der Waals surface area contributed by atoms with Gasteiger partial charge in [-0.2, -0.15) is 0 Å². The molecule has 15 heavy (non-hydrogen) atoms. The minimum absolute atomic E-state index is 0.549. The monoisotopic (exact) mass is 210 g/mol. The molecule has 2 heterocycles. The van der Waals surface area contributed by atoms with E-state index in [-0.39, 0.29) is 0 Å². The van der Waals surface area contributed by atoms with Crippen LogP contribution in [0.15, 0.2) is 0 Å². The number of morpholine rings is 1. The molecule has 0 bridgehead atoms. The number of ether oxygens (including phenoxy) is 1. The van der Waals surface area contributed by atoms with E-state index in [0.717, 1.165) is 25.2 Å². The van der Waals surface area contributed by atoms with E-state index in [1.165, 1.54) is 45.2 Å². The Hall–Kier alpha value is -0.120. The molecule has 3 fully saturated rings. The van der Waals surface area contributed by atoms with Crippen molar-refractivity contribution < 1.29 is 4.74 Å². The maximum Gasteiger partial charge on any atom is 0.0731 e. The topological polar surface area (TPSA) is 24.5 Å². The van der Waals surface area contributed by atoms with Crippen LogP contribution in [0.2, 0.25) is 0 Å². The van der Waals surface area contributed by atoms with Crippen LogP contribution < -0.4 is 5.32 Å². The molecule has 3 unspecified atom stereocenters. The first kappa shape index (κ1) is 10.1. The van der Waals surface area contributed by atoms with Gasteiger partial charge in [-0.15, -0.1) is 0 Å². The molecule has 0 aromatic carbocycles. The van der Waals surface area contributed by atoms with Crippen molar-refractivity contribution in [3.8, 4) is 0 Å². The Labute approximate surface area is 92.2 Å². The summed E-state index contributed by atoms with van der Waals surface area (Å²) >= 11 is 0. The molecule has 0 aromatic rings. The summed E-state index contributed by atoms with van der Waals surface area (Å²) in [5.41, 5.74) is 0. The van der Waals surface area contributed by atoms with E-state index in [9.17, 15) is 0 Å². The molecule has 3 nitrogen and oxygen atoms in total. The van der Waals surface area contributed by atoms with E-state index in [1.54, 1.807) is 0 Å². The SMILES string of the molecule is C1CCC2C(C1)OCCN2C1CCNC1. The maximum atomic E-state index is 5.91. The Balaban J connectivity index is 1.69. The second-order valence-electron chi connectivity index (χ2n) is 5.15. The fraction of sp³-hybridized carbons (Fsp3) is 1.00. The summed E-state index contributed by atoms with van der Waals surface area (Å²) in [6, 6.07) is 1.52. The fourth-order valence-corrected chi connectivity index (χ4v) is 3.50. The van der Waals surface area contributed by atoms with Gasteiger partial charge in [0, 0.05) is 25.2 Å². The van der Waals surface area contributed by atoms with Gasteiger partial charge in [0.05, 0.1) is 12.7 Å². The van der Waals surface area contributed by atoms with Gasteiger partial charge in [-0.05, 0) is 25.8 Å². The summed E-state index contributed by atoms with van der Waals surface area (Å²) in [6.45, 7) is 4.52. The Kier molecular flexibility index (Phi) is 2.95. The lowest BCUT2D eigenvalue weighted by molar-refractivity contribution is -0.0998. The Morgan fingerprint density at radius 2 is 2.07 bits per heavy atom. The van der Waals surface area contributed by atoms with Gasteiger partial charge in [0.1, 0.15) is 0 Å². The molecule has 3 atom stereocenters. The van der Waals surface area contributed by atoms with E-state index < -0.39 is 0 Å². The van der Waals surface area contributed by atoms with Gasteiger partial charge in [0.25, 0.3) is 0 Å². The minimum atomic E-state index is 0.549. The van der Waals surface area contributed by atoms with Crippen LogP contribution >= 0.6 is 0 Å².